The molecule has 0 aliphatic carbocycles. The molecule has 0 bridgehead atoms. The zero-order valence-corrected chi connectivity index (χ0v) is 19.2. The van der Waals surface area contributed by atoms with Gasteiger partial charge >= 0.3 is 11.9 Å². The third-order valence-electron chi connectivity index (χ3n) is 6.03. The van der Waals surface area contributed by atoms with Crippen LogP contribution in [-0.2, 0) is 9.47 Å². The number of esters is 2. The monoisotopic (exact) mass is 450 g/mol. The zero-order chi connectivity index (χ0) is 23.9. The third-order valence-corrected chi connectivity index (χ3v) is 6.03. The quantitative estimate of drug-likeness (QED) is 0.314. The van der Waals surface area contributed by atoms with E-state index in [9.17, 15) is 9.59 Å². The van der Waals surface area contributed by atoms with Crippen molar-refractivity contribution in [1.82, 2.24) is 0 Å². The van der Waals surface area contributed by atoms with Gasteiger partial charge in [-0.3, -0.25) is 0 Å². The normalized spacial score (nSPS) is 12.4. The Morgan fingerprint density at radius 1 is 0.471 bits per heavy atom. The summed E-state index contributed by atoms with van der Waals surface area (Å²) in [5.41, 5.74) is 5.47. The van der Waals surface area contributed by atoms with Crippen molar-refractivity contribution in [1.29, 1.82) is 0 Å². The van der Waals surface area contributed by atoms with E-state index in [1.54, 1.807) is 24.3 Å². The van der Waals surface area contributed by atoms with Gasteiger partial charge in [-0.25, -0.2) is 9.59 Å². The van der Waals surface area contributed by atoms with Gasteiger partial charge in [0.25, 0.3) is 0 Å². The van der Waals surface area contributed by atoms with E-state index >= 15 is 0 Å². The van der Waals surface area contributed by atoms with Crippen molar-refractivity contribution in [2.45, 2.75) is 11.8 Å². The second-order valence-electron chi connectivity index (χ2n) is 8.00. The lowest BCUT2D eigenvalue weighted by Gasteiger charge is -2.29. The predicted molar refractivity (Wildman–Crippen MR) is 132 cm³/mol. The second kappa shape index (κ2) is 10.6. The summed E-state index contributed by atoms with van der Waals surface area (Å²) < 4.78 is 9.74. The van der Waals surface area contributed by atoms with Crippen molar-refractivity contribution < 1.29 is 19.1 Å². The van der Waals surface area contributed by atoms with Crippen LogP contribution in [-0.4, -0.2) is 26.2 Å². The largest absolute Gasteiger partial charge is 0.465 e. The molecule has 4 aromatic carbocycles. The molecule has 0 saturated carbocycles. The van der Waals surface area contributed by atoms with Crippen LogP contribution in [0.2, 0.25) is 0 Å². The van der Waals surface area contributed by atoms with E-state index in [4.69, 9.17) is 9.47 Å². The van der Waals surface area contributed by atoms with Gasteiger partial charge in [0.2, 0.25) is 0 Å². The number of methoxy groups -OCH3 is 2. The third kappa shape index (κ3) is 4.91. The summed E-state index contributed by atoms with van der Waals surface area (Å²) in [7, 11) is 2.76. The van der Waals surface area contributed by atoms with Crippen molar-refractivity contribution in [2.24, 2.45) is 0 Å². The zero-order valence-electron chi connectivity index (χ0n) is 19.2. The summed E-state index contributed by atoms with van der Waals surface area (Å²) in [6, 6.07) is 35.8. The Bertz CT molecular complexity index is 1130. The van der Waals surface area contributed by atoms with E-state index < -0.39 is 0 Å². The molecule has 0 fully saturated rings. The number of hydrogen-bond acceptors (Lipinski definition) is 4. The average molecular weight is 451 g/mol. The molecule has 0 aromatic heterocycles. The lowest BCUT2D eigenvalue weighted by Crippen LogP contribution is -2.15. The Balaban J connectivity index is 1.87. The fraction of sp³-hybridized carbons (Fsp3) is 0.133. The van der Waals surface area contributed by atoms with Crippen LogP contribution in [0.25, 0.3) is 0 Å². The van der Waals surface area contributed by atoms with E-state index in [1.165, 1.54) is 14.2 Å². The minimum Gasteiger partial charge on any atom is -0.465 e. The smallest absolute Gasteiger partial charge is 0.337 e. The fourth-order valence-electron chi connectivity index (χ4n) is 4.36. The van der Waals surface area contributed by atoms with Gasteiger partial charge in [0.15, 0.2) is 0 Å². The molecule has 0 N–H and O–H groups in total. The lowest BCUT2D eigenvalue weighted by atomic mass is 9.73. The van der Waals surface area contributed by atoms with Gasteiger partial charge < -0.3 is 9.47 Å². The maximum atomic E-state index is 12.0. The molecule has 0 aliphatic heterocycles. The maximum absolute atomic E-state index is 12.0. The first-order valence-corrected chi connectivity index (χ1v) is 11.1. The van der Waals surface area contributed by atoms with Gasteiger partial charge in [0.1, 0.15) is 0 Å². The van der Waals surface area contributed by atoms with Crippen molar-refractivity contribution in [3.8, 4) is 0 Å². The molecule has 0 spiro atoms. The maximum Gasteiger partial charge on any atom is 0.337 e. The number of hydrogen-bond donors (Lipinski definition) is 0. The van der Waals surface area contributed by atoms with Crippen LogP contribution >= 0.6 is 0 Å². The summed E-state index contributed by atoms with van der Waals surface area (Å²) in [5, 5.41) is 0. The average Bonchev–Trinajstić information content (AvgIpc) is 2.92. The molecule has 0 heterocycles. The fourth-order valence-corrected chi connectivity index (χ4v) is 4.36. The SMILES string of the molecule is COC(=O)c1ccc(C(c2ccccc2)C(c2ccccc2)c2ccc(C(=O)OC)cc2)cc1. The standard InChI is InChI=1S/C30H26O4/c1-33-29(31)25-17-13-23(14-18-25)27(21-9-5-3-6-10-21)28(22-11-7-4-8-12-22)24-15-19-26(20-16-24)30(32)34-2/h3-20,27-28H,1-2H3. The summed E-state index contributed by atoms with van der Waals surface area (Å²) in [5.74, 6) is -0.778. The van der Waals surface area contributed by atoms with Gasteiger partial charge in [-0.05, 0) is 46.5 Å². The van der Waals surface area contributed by atoms with Crippen molar-refractivity contribution in [3.63, 3.8) is 0 Å². The van der Waals surface area contributed by atoms with E-state index in [-0.39, 0.29) is 23.8 Å². The van der Waals surface area contributed by atoms with Gasteiger partial charge in [-0.15, -0.1) is 0 Å². The highest BCUT2D eigenvalue weighted by Gasteiger charge is 2.28. The van der Waals surface area contributed by atoms with E-state index in [2.05, 4.69) is 24.3 Å². The van der Waals surface area contributed by atoms with Crippen molar-refractivity contribution in [3.05, 3.63) is 143 Å². The van der Waals surface area contributed by atoms with Gasteiger partial charge in [-0.1, -0.05) is 84.9 Å². The number of benzene rings is 4. The Labute approximate surface area is 199 Å². The Hall–Kier alpha value is -4.18. The highest BCUT2D eigenvalue weighted by Crippen LogP contribution is 2.43. The summed E-state index contributed by atoms with van der Waals surface area (Å²) >= 11 is 0. The number of rotatable bonds is 7. The number of ether oxygens (including phenoxy) is 2. The molecule has 2 unspecified atom stereocenters. The topological polar surface area (TPSA) is 52.6 Å². The molecule has 0 aliphatic rings. The second-order valence-corrected chi connectivity index (χ2v) is 8.00. The molecule has 4 heteroatoms. The molecular formula is C30H26O4. The van der Waals surface area contributed by atoms with Gasteiger partial charge in [0, 0.05) is 11.8 Å². The van der Waals surface area contributed by atoms with Crippen LogP contribution in [0.1, 0.15) is 54.8 Å². The first-order chi connectivity index (χ1) is 16.6. The minimum atomic E-state index is -0.360. The lowest BCUT2D eigenvalue weighted by molar-refractivity contribution is 0.0592. The van der Waals surface area contributed by atoms with Crippen LogP contribution < -0.4 is 0 Å². The summed E-state index contributed by atoms with van der Waals surface area (Å²) in [6.07, 6.45) is 0. The molecule has 0 saturated heterocycles. The van der Waals surface area contributed by atoms with Crippen LogP contribution in [0.3, 0.4) is 0 Å². The molecule has 4 nitrogen and oxygen atoms in total. The first-order valence-electron chi connectivity index (χ1n) is 11.1. The molecular weight excluding hydrogens is 424 g/mol. The number of carbonyl (C=O) groups excluding carboxylic acids is 2. The Morgan fingerprint density at radius 3 is 1.06 bits per heavy atom. The molecule has 4 aromatic rings. The van der Waals surface area contributed by atoms with Gasteiger partial charge in [-0.2, -0.15) is 0 Å². The highest BCUT2D eigenvalue weighted by molar-refractivity contribution is 5.89. The highest BCUT2D eigenvalue weighted by atomic mass is 16.5. The molecule has 2 atom stereocenters. The van der Waals surface area contributed by atoms with E-state index in [0.29, 0.717) is 11.1 Å². The summed E-state index contributed by atoms with van der Waals surface area (Å²) in [4.78, 5) is 24.0. The molecule has 0 amide bonds. The molecule has 4 rings (SSSR count). The van der Waals surface area contributed by atoms with Crippen LogP contribution in [0.4, 0.5) is 0 Å². The van der Waals surface area contributed by atoms with Crippen molar-refractivity contribution >= 4 is 11.9 Å². The molecule has 34 heavy (non-hydrogen) atoms. The van der Waals surface area contributed by atoms with Crippen LogP contribution in [0.15, 0.2) is 109 Å². The minimum absolute atomic E-state index is 0.0285. The van der Waals surface area contributed by atoms with Crippen LogP contribution in [0.5, 0.6) is 0 Å². The van der Waals surface area contributed by atoms with E-state index in [1.807, 2.05) is 60.7 Å². The molecule has 0 radical (unpaired) electrons. The van der Waals surface area contributed by atoms with Crippen molar-refractivity contribution in [2.75, 3.05) is 14.2 Å². The molecule has 170 valence electrons. The number of carbonyl (C=O) groups is 2. The predicted octanol–water partition coefficient (Wildman–Crippen LogP) is 6.22. The first kappa shape index (κ1) is 23.0. The Kier molecular flexibility index (Phi) is 7.19. The van der Waals surface area contributed by atoms with Gasteiger partial charge in [0.05, 0.1) is 25.3 Å². The Morgan fingerprint density at radius 2 is 0.765 bits per heavy atom. The van der Waals surface area contributed by atoms with E-state index in [0.717, 1.165) is 22.3 Å². The summed E-state index contributed by atoms with van der Waals surface area (Å²) in [6.45, 7) is 0. The van der Waals surface area contributed by atoms with Crippen LogP contribution in [0, 0.1) is 0 Å².